The zero-order valence-electron chi connectivity index (χ0n) is 11.8. The Kier molecular flexibility index (Phi) is 6.81. The van der Waals surface area contributed by atoms with E-state index in [1.807, 2.05) is 31.3 Å². The third-order valence-corrected chi connectivity index (χ3v) is 2.82. The van der Waals surface area contributed by atoms with Gasteiger partial charge in [0.05, 0.1) is 6.42 Å². The topological polar surface area (TPSA) is 24.5 Å². The van der Waals surface area contributed by atoms with Crippen LogP contribution in [0.1, 0.15) is 12.0 Å². The number of ether oxygens (including phenoxy) is 1. The normalized spacial score (nSPS) is 11.9. The fourth-order valence-corrected chi connectivity index (χ4v) is 1.66. The molecule has 0 fully saturated rings. The van der Waals surface area contributed by atoms with Crippen molar-refractivity contribution in [3.05, 3.63) is 29.8 Å². The maximum Gasteiger partial charge on any atom is 0.390 e. The minimum Gasteiger partial charge on any atom is -0.492 e. The van der Waals surface area contributed by atoms with Gasteiger partial charge < -0.3 is 15.0 Å². The molecule has 1 N–H and O–H groups in total. The fraction of sp³-hybridized carbons (Fsp3) is 0.571. The van der Waals surface area contributed by atoms with Gasteiger partial charge in [-0.15, -0.1) is 0 Å². The lowest BCUT2D eigenvalue weighted by Crippen LogP contribution is -2.28. The third kappa shape index (κ3) is 7.35. The van der Waals surface area contributed by atoms with Crippen molar-refractivity contribution in [1.29, 1.82) is 0 Å². The quantitative estimate of drug-likeness (QED) is 0.796. The predicted octanol–water partition coefficient (Wildman–Crippen LogP) is 2.67. The largest absolute Gasteiger partial charge is 0.492 e. The zero-order valence-corrected chi connectivity index (χ0v) is 11.8. The summed E-state index contributed by atoms with van der Waals surface area (Å²) < 4.78 is 41.6. The molecular weight excluding hydrogens is 269 g/mol. The molecule has 0 aromatic heterocycles. The van der Waals surface area contributed by atoms with E-state index in [1.54, 1.807) is 11.9 Å². The summed E-state index contributed by atoms with van der Waals surface area (Å²) in [6.45, 7) is 1.63. The van der Waals surface area contributed by atoms with Crippen LogP contribution in [0.2, 0.25) is 0 Å². The number of rotatable bonds is 8. The first-order chi connectivity index (χ1) is 9.40. The Morgan fingerprint density at radius 2 is 1.80 bits per heavy atom. The highest BCUT2D eigenvalue weighted by Gasteiger charge is 2.26. The molecule has 0 aliphatic rings. The van der Waals surface area contributed by atoms with Crippen LogP contribution in [0.3, 0.4) is 0 Å². The first-order valence-corrected chi connectivity index (χ1v) is 6.52. The number of benzene rings is 1. The highest BCUT2D eigenvalue weighted by molar-refractivity contribution is 5.27. The SMILES string of the molecule is CNCc1ccc(OCCN(C)CCC(F)(F)F)cc1. The van der Waals surface area contributed by atoms with E-state index in [2.05, 4.69) is 5.32 Å². The van der Waals surface area contributed by atoms with Crippen molar-refractivity contribution in [2.45, 2.75) is 19.1 Å². The molecule has 0 atom stereocenters. The minimum atomic E-state index is -4.10. The maximum atomic E-state index is 12.0. The summed E-state index contributed by atoms with van der Waals surface area (Å²) in [5.74, 6) is 0.731. The Balaban J connectivity index is 2.23. The molecular formula is C14H21F3N2O. The summed E-state index contributed by atoms with van der Waals surface area (Å²) in [5, 5.41) is 3.05. The van der Waals surface area contributed by atoms with Crippen LogP contribution >= 0.6 is 0 Å². The highest BCUT2D eigenvalue weighted by atomic mass is 19.4. The van der Waals surface area contributed by atoms with Crippen LogP contribution in [0.5, 0.6) is 5.75 Å². The van der Waals surface area contributed by atoms with Gasteiger partial charge in [-0.3, -0.25) is 0 Å². The molecule has 0 heterocycles. The molecule has 0 saturated heterocycles. The van der Waals surface area contributed by atoms with Gasteiger partial charge in [-0.05, 0) is 31.8 Å². The Labute approximate surface area is 117 Å². The van der Waals surface area contributed by atoms with Gasteiger partial charge in [0.2, 0.25) is 0 Å². The lowest BCUT2D eigenvalue weighted by atomic mass is 10.2. The Hall–Kier alpha value is -1.27. The molecule has 0 radical (unpaired) electrons. The van der Waals surface area contributed by atoms with Crippen LogP contribution in [0, 0.1) is 0 Å². The van der Waals surface area contributed by atoms with Gasteiger partial charge in [-0.1, -0.05) is 12.1 Å². The molecule has 1 aromatic carbocycles. The summed E-state index contributed by atoms with van der Waals surface area (Å²) in [7, 11) is 3.53. The van der Waals surface area contributed by atoms with Gasteiger partial charge in [-0.25, -0.2) is 0 Å². The van der Waals surface area contributed by atoms with E-state index in [-0.39, 0.29) is 6.54 Å². The van der Waals surface area contributed by atoms with Gasteiger partial charge in [0, 0.05) is 19.6 Å². The van der Waals surface area contributed by atoms with Crippen LogP contribution < -0.4 is 10.1 Å². The number of nitrogens with zero attached hydrogens (tertiary/aromatic N) is 1. The van der Waals surface area contributed by atoms with Gasteiger partial charge >= 0.3 is 6.18 Å². The minimum absolute atomic E-state index is 0.00598. The van der Waals surface area contributed by atoms with Crippen molar-refractivity contribution < 1.29 is 17.9 Å². The number of nitrogens with one attached hydrogen (secondary N) is 1. The second-order valence-electron chi connectivity index (χ2n) is 4.69. The third-order valence-electron chi connectivity index (χ3n) is 2.82. The second kappa shape index (κ2) is 8.11. The number of likely N-dealkylation sites (N-methyl/N-ethyl adjacent to an activating group) is 1. The molecule has 0 aliphatic heterocycles. The smallest absolute Gasteiger partial charge is 0.390 e. The molecule has 0 unspecified atom stereocenters. The Bertz CT molecular complexity index is 379. The molecule has 0 bridgehead atoms. The van der Waals surface area contributed by atoms with Gasteiger partial charge in [0.1, 0.15) is 12.4 Å². The zero-order chi connectivity index (χ0) is 15.0. The number of hydrogen-bond acceptors (Lipinski definition) is 3. The molecule has 114 valence electrons. The van der Waals surface area contributed by atoms with Crippen LogP contribution in [-0.2, 0) is 6.54 Å². The van der Waals surface area contributed by atoms with E-state index < -0.39 is 12.6 Å². The standard InChI is InChI=1S/C14H21F3N2O/c1-18-11-12-3-5-13(6-4-12)20-10-9-19(2)8-7-14(15,16)17/h3-6,18H,7-11H2,1-2H3. The molecule has 20 heavy (non-hydrogen) atoms. The van der Waals surface area contributed by atoms with E-state index in [0.29, 0.717) is 13.2 Å². The summed E-state index contributed by atoms with van der Waals surface area (Å²) in [6, 6.07) is 7.64. The molecule has 1 rings (SSSR count). The van der Waals surface area contributed by atoms with Crippen molar-refractivity contribution >= 4 is 0 Å². The second-order valence-corrected chi connectivity index (χ2v) is 4.69. The Morgan fingerprint density at radius 3 is 2.35 bits per heavy atom. The molecule has 3 nitrogen and oxygen atoms in total. The van der Waals surface area contributed by atoms with Crippen molar-refractivity contribution in [2.24, 2.45) is 0 Å². The molecule has 0 aliphatic carbocycles. The van der Waals surface area contributed by atoms with Gasteiger partial charge in [0.25, 0.3) is 0 Å². The monoisotopic (exact) mass is 290 g/mol. The molecule has 0 spiro atoms. The predicted molar refractivity (Wildman–Crippen MR) is 72.9 cm³/mol. The number of halogens is 3. The average molecular weight is 290 g/mol. The summed E-state index contributed by atoms with van der Waals surface area (Å²) in [6.07, 6.45) is -4.89. The summed E-state index contributed by atoms with van der Waals surface area (Å²) >= 11 is 0. The van der Waals surface area contributed by atoms with E-state index >= 15 is 0 Å². The summed E-state index contributed by atoms with van der Waals surface area (Å²) in [4.78, 5) is 1.61. The van der Waals surface area contributed by atoms with E-state index in [1.165, 1.54) is 0 Å². The molecule has 1 aromatic rings. The van der Waals surface area contributed by atoms with E-state index in [4.69, 9.17) is 4.74 Å². The maximum absolute atomic E-state index is 12.0. The van der Waals surface area contributed by atoms with Crippen LogP contribution in [0.4, 0.5) is 13.2 Å². The fourth-order valence-electron chi connectivity index (χ4n) is 1.66. The molecule has 0 amide bonds. The average Bonchev–Trinajstić information content (AvgIpc) is 2.38. The summed E-state index contributed by atoms with van der Waals surface area (Å²) in [5.41, 5.74) is 1.15. The van der Waals surface area contributed by atoms with Crippen molar-refractivity contribution in [3.63, 3.8) is 0 Å². The van der Waals surface area contributed by atoms with E-state index in [0.717, 1.165) is 17.9 Å². The first-order valence-electron chi connectivity index (χ1n) is 6.52. The molecule has 0 saturated carbocycles. The number of alkyl halides is 3. The van der Waals surface area contributed by atoms with Crippen molar-refractivity contribution in [2.75, 3.05) is 33.8 Å². The lowest BCUT2D eigenvalue weighted by Gasteiger charge is -2.17. The highest BCUT2D eigenvalue weighted by Crippen LogP contribution is 2.19. The van der Waals surface area contributed by atoms with Crippen LogP contribution in [-0.4, -0.2) is 44.9 Å². The van der Waals surface area contributed by atoms with Crippen LogP contribution in [0.15, 0.2) is 24.3 Å². The number of hydrogen-bond donors (Lipinski definition) is 1. The lowest BCUT2D eigenvalue weighted by molar-refractivity contribution is -0.137. The van der Waals surface area contributed by atoms with Gasteiger partial charge in [-0.2, -0.15) is 13.2 Å². The van der Waals surface area contributed by atoms with Crippen molar-refractivity contribution in [3.8, 4) is 5.75 Å². The van der Waals surface area contributed by atoms with E-state index in [9.17, 15) is 13.2 Å². The van der Waals surface area contributed by atoms with Gasteiger partial charge in [0.15, 0.2) is 0 Å². The van der Waals surface area contributed by atoms with Crippen molar-refractivity contribution in [1.82, 2.24) is 10.2 Å². The first kappa shape index (κ1) is 16.8. The molecule has 6 heteroatoms. The Morgan fingerprint density at radius 1 is 1.15 bits per heavy atom. The van der Waals surface area contributed by atoms with Crippen LogP contribution in [0.25, 0.3) is 0 Å².